The SMILES string of the molecule is COc1cccc(OC)c1CN1CCc2c(C(=O)N(C)Cc3ccsc3)c(OC)cc(=O)n2CC1. The minimum Gasteiger partial charge on any atom is -0.496 e. The summed E-state index contributed by atoms with van der Waals surface area (Å²) in [7, 11) is 6.57. The maximum absolute atomic E-state index is 13.6. The maximum atomic E-state index is 13.6. The predicted octanol–water partition coefficient (Wildman–Crippen LogP) is 3.27. The standard InChI is InChI=1S/C26H31N3O5S/c1-27(15-18-9-13-35-17-18)26(31)25-20-8-10-28(11-12-29(20)24(30)14-23(25)34-4)16-19-21(32-2)6-5-7-22(19)33-3/h5-7,9,13-14,17H,8,10-12,15-16H2,1-4H3. The van der Waals surface area contributed by atoms with Crippen molar-refractivity contribution in [3.05, 3.63) is 73.8 Å². The highest BCUT2D eigenvalue weighted by atomic mass is 32.1. The van der Waals surface area contributed by atoms with Crippen LogP contribution in [-0.2, 0) is 26.1 Å². The van der Waals surface area contributed by atoms with Gasteiger partial charge < -0.3 is 23.7 Å². The summed E-state index contributed by atoms with van der Waals surface area (Å²) in [6, 6.07) is 9.16. The highest BCUT2D eigenvalue weighted by Crippen LogP contribution is 2.31. The summed E-state index contributed by atoms with van der Waals surface area (Å²) in [5.41, 5.74) is 3.04. The van der Waals surface area contributed by atoms with E-state index >= 15 is 0 Å². The Hall–Kier alpha value is -3.30. The fourth-order valence-corrected chi connectivity index (χ4v) is 5.23. The molecule has 0 N–H and O–H groups in total. The van der Waals surface area contributed by atoms with E-state index in [-0.39, 0.29) is 11.5 Å². The number of fused-ring (bicyclic) bond motifs is 1. The number of ether oxygens (including phenoxy) is 3. The molecule has 1 amide bonds. The molecule has 0 bridgehead atoms. The highest BCUT2D eigenvalue weighted by Gasteiger charge is 2.27. The predicted molar refractivity (Wildman–Crippen MR) is 136 cm³/mol. The van der Waals surface area contributed by atoms with Crippen LogP contribution in [0.2, 0.25) is 0 Å². The number of thiophene rings is 1. The monoisotopic (exact) mass is 497 g/mol. The first-order chi connectivity index (χ1) is 17.0. The number of hydrogen-bond acceptors (Lipinski definition) is 7. The summed E-state index contributed by atoms with van der Waals surface area (Å²) in [6.45, 7) is 2.89. The molecular formula is C26H31N3O5S. The minimum absolute atomic E-state index is 0.156. The van der Waals surface area contributed by atoms with Crippen LogP contribution in [0.3, 0.4) is 0 Å². The van der Waals surface area contributed by atoms with Crippen LogP contribution in [0.15, 0.2) is 45.9 Å². The first-order valence-electron chi connectivity index (χ1n) is 11.5. The third-order valence-corrected chi connectivity index (χ3v) is 7.11. The Morgan fingerprint density at radius 1 is 1.03 bits per heavy atom. The van der Waals surface area contributed by atoms with E-state index in [1.165, 1.54) is 13.2 Å². The number of nitrogens with zero attached hydrogens (tertiary/aromatic N) is 3. The summed E-state index contributed by atoms with van der Waals surface area (Å²) < 4.78 is 18.4. The summed E-state index contributed by atoms with van der Waals surface area (Å²) in [4.78, 5) is 30.5. The Kier molecular flexibility index (Phi) is 7.77. The maximum Gasteiger partial charge on any atom is 0.259 e. The Bertz CT molecular complexity index is 1220. The molecule has 1 aliphatic heterocycles. The third kappa shape index (κ3) is 5.21. The second-order valence-corrected chi connectivity index (χ2v) is 9.26. The average molecular weight is 498 g/mol. The number of aromatic nitrogens is 1. The van der Waals surface area contributed by atoms with E-state index in [0.717, 1.165) is 22.6 Å². The molecule has 186 valence electrons. The first-order valence-corrected chi connectivity index (χ1v) is 12.4. The molecule has 0 saturated carbocycles. The molecule has 0 spiro atoms. The van der Waals surface area contributed by atoms with Gasteiger partial charge in [0.15, 0.2) is 0 Å². The van der Waals surface area contributed by atoms with Gasteiger partial charge in [0.1, 0.15) is 22.8 Å². The highest BCUT2D eigenvalue weighted by molar-refractivity contribution is 7.07. The Labute approximate surface area is 209 Å². The van der Waals surface area contributed by atoms with E-state index in [2.05, 4.69) is 4.90 Å². The van der Waals surface area contributed by atoms with Crippen molar-refractivity contribution in [3.63, 3.8) is 0 Å². The van der Waals surface area contributed by atoms with Crippen LogP contribution in [0.4, 0.5) is 0 Å². The number of carbonyl (C=O) groups is 1. The number of rotatable bonds is 8. The van der Waals surface area contributed by atoms with Crippen molar-refractivity contribution >= 4 is 17.2 Å². The van der Waals surface area contributed by atoms with Crippen LogP contribution in [0, 0.1) is 0 Å². The van der Waals surface area contributed by atoms with Gasteiger partial charge in [-0.2, -0.15) is 11.3 Å². The molecule has 0 fully saturated rings. The van der Waals surface area contributed by atoms with E-state index in [9.17, 15) is 9.59 Å². The molecule has 35 heavy (non-hydrogen) atoms. The topological polar surface area (TPSA) is 73.2 Å². The summed E-state index contributed by atoms with van der Waals surface area (Å²) in [5.74, 6) is 1.69. The van der Waals surface area contributed by atoms with Crippen molar-refractivity contribution in [3.8, 4) is 17.2 Å². The van der Waals surface area contributed by atoms with Crippen molar-refractivity contribution in [1.82, 2.24) is 14.4 Å². The largest absolute Gasteiger partial charge is 0.496 e. The van der Waals surface area contributed by atoms with E-state index in [4.69, 9.17) is 14.2 Å². The lowest BCUT2D eigenvalue weighted by molar-refractivity contribution is 0.0779. The van der Waals surface area contributed by atoms with Gasteiger partial charge in [0.25, 0.3) is 11.5 Å². The quantitative estimate of drug-likeness (QED) is 0.476. The van der Waals surface area contributed by atoms with E-state index in [1.54, 1.807) is 42.1 Å². The summed E-state index contributed by atoms with van der Waals surface area (Å²) >= 11 is 1.60. The molecule has 0 saturated heterocycles. The van der Waals surface area contributed by atoms with Gasteiger partial charge in [0.2, 0.25) is 0 Å². The number of hydrogen-bond donors (Lipinski definition) is 0. The normalized spacial score (nSPS) is 13.6. The van der Waals surface area contributed by atoms with E-state index < -0.39 is 0 Å². The summed E-state index contributed by atoms with van der Waals surface area (Å²) in [6.07, 6.45) is 0.539. The van der Waals surface area contributed by atoms with Crippen LogP contribution in [0.1, 0.15) is 27.2 Å². The van der Waals surface area contributed by atoms with Crippen LogP contribution >= 0.6 is 11.3 Å². The van der Waals surface area contributed by atoms with Gasteiger partial charge in [-0.1, -0.05) is 6.07 Å². The molecule has 3 aromatic rings. The molecule has 0 atom stereocenters. The molecule has 8 nitrogen and oxygen atoms in total. The molecule has 3 heterocycles. The molecule has 0 unspecified atom stereocenters. The number of methoxy groups -OCH3 is 3. The molecule has 1 aromatic carbocycles. The molecule has 9 heteroatoms. The fourth-order valence-electron chi connectivity index (χ4n) is 4.57. The van der Waals surface area contributed by atoms with Crippen molar-refractivity contribution in [1.29, 1.82) is 0 Å². The zero-order valence-electron chi connectivity index (χ0n) is 20.6. The van der Waals surface area contributed by atoms with Crippen LogP contribution in [-0.4, -0.2) is 61.7 Å². The van der Waals surface area contributed by atoms with Gasteiger partial charge in [-0.15, -0.1) is 0 Å². The zero-order valence-corrected chi connectivity index (χ0v) is 21.4. The summed E-state index contributed by atoms with van der Waals surface area (Å²) in [5, 5.41) is 4.02. The Morgan fingerprint density at radius 3 is 2.37 bits per heavy atom. The minimum atomic E-state index is -0.161. The Balaban J connectivity index is 1.63. The van der Waals surface area contributed by atoms with Gasteiger partial charge in [-0.3, -0.25) is 14.5 Å². The molecule has 4 rings (SSSR count). The van der Waals surface area contributed by atoms with Gasteiger partial charge in [-0.05, 0) is 34.5 Å². The lowest BCUT2D eigenvalue weighted by Gasteiger charge is -2.22. The van der Waals surface area contributed by atoms with Gasteiger partial charge in [0.05, 0.1) is 26.9 Å². The van der Waals surface area contributed by atoms with Gasteiger partial charge >= 0.3 is 0 Å². The molecule has 2 aromatic heterocycles. The van der Waals surface area contributed by atoms with Crippen molar-refractivity contribution in [2.75, 3.05) is 41.5 Å². The fraction of sp³-hybridized carbons (Fsp3) is 0.385. The lowest BCUT2D eigenvalue weighted by atomic mass is 10.1. The van der Waals surface area contributed by atoms with Crippen molar-refractivity contribution < 1.29 is 19.0 Å². The average Bonchev–Trinajstić information content (AvgIpc) is 3.29. The molecule has 1 aliphatic rings. The second kappa shape index (κ2) is 11.0. The second-order valence-electron chi connectivity index (χ2n) is 8.48. The number of pyridine rings is 1. The van der Waals surface area contributed by atoms with Gasteiger partial charge in [-0.25, -0.2) is 0 Å². The van der Waals surface area contributed by atoms with E-state index in [0.29, 0.717) is 56.2 Å². The van der Waals surface area contributed by atoms with Crippen molar-refractivity contribution in [2.45, 2.75) is 26.1 Å². The van der Waals surface area contributed by atoms with Crippen molar-refractivity contribution in [2.24, 2.45) is 0 Å². The number of benzene rings is 1. The molecule has 0 radical (unpaired) electrons. The molecular weight excluding hydrogens is 466 g/mol. The Morgan fingerprint density at radius 2 is 1.74 bits per heavy atom. The van der Waals surface area contributed by atoms with Crippen LogP contribution in [0.25, 0.3) is 0 Å². The number of amides is 1. The third-order valence-electron chi connectivity index (χ3n) is 6.38. The molecule has 0 aliphatic carbocycles. The zero-order chi connectivity index (χ0) is 24.9. The van der Waals surface area contributed by atoms with Crippen LogP contribution in [0.5, 0.6) is 17.2 Å². The number of carbonyl (C=O) groups excluding carboxylic acids is 1. The van der Waals surface area contributed by atoms with Gasteiger partial charge in [0, 0.05) is 58.0 Å². The lowest BCUT2D eigenvalue weighted by Crippen LogP contribution is -2.32. The first kappa shape index (κ1) is 24.8. The van der Waals surface area contributed by atoms with Crippen LogP contribution < -0.4 is 19.8 Å². The van der Waals surface area contributed by atoms with E-state index in [1.807, 2.05) is 35.0 Å². The smallest absolute Gasteiger partial charge is 0.259 e.